The van der Waals surface area contributed by atoms with Gasteiger partial charge in [0.15, 0.2) is 0 Å². The second-order valence-corrected chi connectivity index (χ2v) is 4.10. The number of ether oxygens (including phenoxy) is 1. The highest BCUT2D eigenvalue weighted by molar-refractivity contribution is 5.82. The summed E-state index contributed by atoms with van der Waals surface area (Å²) in [4.78, 5) is 13.5. The number of carbonyl (C=O) groups is 1. The summed E-state index contributed by atoms with van der Waals surface area (Å²) >= 11 is 0. The summed E-state index contributed by atoms with van der Waals surface area (Å²) in [5, 5.41) is 3.18. The first-order chi connectivity index (χ1) is 6.66. The molecular formula is C9H17N3O2. The minimum atomic E-state index is -0.314. The van der Waals surface area contributed by atoms with Crippen molar-refractivity contribution in [3.05, 3.63) is 0 Å². The van der Waals surface area contributed by atoms with Gasteiger partial charge in [0.1, 0.15) is 6.10 Å². The third kappa shape index (κ3) is 1.89. The molecule has 0 aromatic rings. The van der Waals surface area contributed by atoms with Gasteiger partial charge in [0, 0.05) is 32.2 Å². The first kappa shape index (κ1) is 9.89. The molecule has 3 N–H and O–H groups in total. The molecule has 2 fully saturated rings. The predicted octanol–water partition coefficient (Wildman–Crippen LogP) is -1.47. The average molecular weight is 199 g/mol. The molecule has 14 heavy (non-hydrogen) atoms. The molecule has 80 valence electrons. The summed E-state index contributed by atoms with van der Waals surface area (Å²) in [7, 11) is 0. The van der Waals surface area contributed by atoms with E-state index in [2.05, 4.69) is 5.32 Å². The second kappa shape index (κ2) is 3.84. The standard InChI is InChI=1S/C9H17N3O2/c1-6-2-11-3-8(14-6)9(13)12-4-7(10)5-12/h6-8,11H,2-5,10H2,1H3/t6-,8-/m1/s1. The number of carbonyl (C=O) groups excluding carboxylic acids is 1. The van der Waals surface area contributed by atoms with E-state index >= 15 is 0 Å². The summed E-state index contributed by atoms with van der Waals surface area (Å²) in [5.74, 6) is 0.0748. The normalized spacial score (nSPS) is 34.0. The van der Waals surface area contributed by atoms with Crippen LogP contribution < -0.4 is 11.1 Å². The van der Waals surface area contributed by atoms with Crippen LogP contribution in [0, 0.1) is 0 Å². The molecule has 2 heterocycles. The highest BCUT2D eigenvalue weighted by Gasteiger charge is 2.34. The fourth-order valence-corrected chi connectivity index (χ4v) is 1.84. The monoisotopic (exact) mass is 199 g/mol. The SMILES string of the molecule is C[C@@H]1CNC[C@H](C(=O)N2CC(N)C2)O1. The van der Waals surface area contributed by atoms with Crippen molar-refractivity contribution in [1.29, 1.82) is 0 Å². The molecule has 2 aliphatic rings. The van der Waals surface area contributed by atoms with Crippen LogP contribution in [0.25, 0.3) is 0 Å². The van der Waals surface area contributed by atoms with Gasteiger partial charge in [-0.25, -0.2) is 0 Å². The van der Waals surface area contributed by atoms with Crippen molar-refractivity contribution in [2.75, 3.05) is 26.2 Å². The van der Waals surface area contributed by atoms with E-state index in [0.717, 1.165) is 6.54 Å². The van der Waals surface area contributed by atoms with Crippen LogP contribution in [0.5, 0.6) is 0 Å². The number of hydrogen-bond donors (Lipinski definition) is 2. The van der Waals surface area contributed by atoms with Crippen LogP contribution in [0.3, 0.4) is 0 Å². The molecule has 5 nitrogen and oxygen atoms in total. The number of morpholine rings is 1. The lowest BCUT2D eigenvalue weighted by Crippen LogP contribution is -2.62. The molecule has 0 saturated carbocycles. The summed E-state index contributed by atoms with van der Waals surface area (Å²) in [5.41, 5.74) is 5.61. The van der Waals surface area contributed by atoms with Crippen LogP contribution in [-0.2, 0) is 9.53 Å². The topological polar surface area (TPSA) is 67.6 Å². The van der Waals surface area contributed by atoms with Gasteiger partial charge in [-0.2, -0.15) is 0 Å². The van der Waals surface area contributed by atoms with Crippen LogP contribution in [0.2, 0.25) is 0 Å². The van der Waals surface area contributed by atoms with Gasteiger partial charge in [0.2, 0.25) is 0 Å². The molecule has 0 radical (unpaired) electrons. The zero-order chi connectivity index (χ0) is 10.1. The van der Waals surface area contributed by atoms with Crippen LogP contribution in [0.1, 0.15) is 6.92 Å². The molecule has 2 rings (SSSR count). The van der Waals surface area contributed by atoms with E-state index in [1.54, 1.807) is 4.90 Å². The lowest BCUT2D eigenvalue weighted by Gasteiger charge is -2.40. The lowest BCUT2D eigenvalue weighted by molar-refractivity contribution is -0.153. The summed E-state index contributed by atoms with van der Waals surface area (Å²) in [6.45, 7) is 4.76. The molecule has 5 heteroatoms. The van der Waals surface area contributed by atoms with Gasteiger partial charge in [-0.3, -0.25) is 4.79 Å². The van der Waals surface area contributed by atoms with Gasteiger partial charge in [0.25, 0.3) is 5.91 Å². The Morgan fingerprint density at radius 3 is 2.79 bits per heavy atom. The van der Waals surface area contributed by atoms with E-state index in [0.29, 0.717) is 19.6 Å². The number of nitrogens with zero attached hydrogens (tertiary/aromatic N) is 1. The van der Waals surface area contributed by atoms with E-state index in [9.17, 15) is 4.79 Å². The molecule has 2 atom stereocenters. The first-order valence-corrected chi connectivity index (χ1v) is 5.07. The molecule has 0 aromatic carbocycles. The van der Waals surface area contributed by atoms with Crippen molar-refractivity contribution >= 4 is 5.91 Å². The molecule has 0 bridgehead atoms. The Balaban J connectivity index is 1.85. The Labute approximate surface area is 83.6 Å². The largest absolute Gasteiger partial charge is 0.363 e. The van der Waals surface area contributed by atoms with Crippen LogP contribution in [-0.4, -0.2) is 55.2 Å². The molecule has 0 spiro atoms. The van der Waals surface area contributed by atoms with E-state index in [4.69, 9.17) is 10.5 Å². The fourth-order valence-electron chi connectivity index (χ4n) is 1.84. The van der Waals surface area contributed by atoms with Gasteiger partial charge in [0.05, 0.1) is 6.10 Å². The van der Waals surface area contributed by atoms with Gasteiger partial charge in [-0.1, -0.05) is 0 Å². The van der Waals surface area contributed by atoms with Crippen molar-refractivity contribution in [1.82, 2.24) is 10.2 Å². The maximum absolute atomic E-state index is 11.8. The van der Waals surface area contributed by atoms with E-state index in [1.165, 1.54) is 0 Å². The second-order valence-electron chi connectivity index (χ2n) is 4.10. The number of amides is 1. The molecule has 1 amide bonds. The first-order valence-electron chi connectivity index (χ1n) is 5.07. The molecule has 2 saturated heterocycles. The van der Waals surface area contributed by atoms with Crippen molar-refractivity contribution in [2.45, 2.75) is 25.2 Å². The summed E-state index contributed by atoms with van der Waals surface area (Å²) < 4.78 is 5.55. The summed E-state index contributed by atoms with van der Waals surface area (Å²) in [6.07, 6.45) is -0.195. The Bertz CT molecular complexity index is 228. The Morgan fingerprint density at radius 1 is 1.50 bits per heavy atom. The minimum absolute atomic E-state index is 0.0748. The lowest BCUT2D eigenvalue weighted by atomic mass is 10.1. The zero-order valence-corrected chi connectivity index (χ0v) is 8.40. The third-order valence-corrected chi connectivity index (χ3v) is 2.66. The quantitative estimate of drug-likeness (QED) is 0.541. The highest BCUT2D eigenvalue weighted by Crippen LogP contribution is 2.12. The third-order valence-electron chi connectivity index (χ3n) is 2.66. The number of nitrogens with two attached hydrogens (primary N) is 1. The van der Waals surface area contributed by atoms with Crippen molar-refractivity contribution in [2.24, 2.45) is 5.73 Å². The number of nitrogens with one attached hydrogen (secondary N) is 1. The maximum atomic E-state index is 11.8. The average Bonchev–Trinajstić information content (AvgIpc) is 2.12. The fraction of sp³-hybridized carbons (Fsp3) is 0.889. The zero-order valence-electron chi connectivity index (χ0n) is 8.40. The van der Waals surface area contributed by atoms with Gasteiger partial charge in [-0.15, -0.1) is 0 Å². The van der Waals surface area contributed by atoms with Gasteiger partial charge >= 0.3 is 0 Å². The van der Waals surface area contributed by atoms with Crippen LogP contribution in [0.4, 0.5) is 0 Å². The van der Waals surface area contributed by atoms with Crippen molar-refractivity contribution < 1.29 is 9.53 Å². The van der Waals surface area contributed by atoms with Crippen molar-refractivity contribution in [3.63, 3.8) is 0 Å². The maximum Gasteiger partial charge on any atom is 0.253 e. The molecule has 0 unspecified atom stereocenters. The van der Waals surface area contributed by atoms with Crippen LogP contribution in [0.15, 0.2) is 0 Å². The van der Waals surface area contributed by atoms with Gasteiger partial charge in [-0.05, 0) is 6.92 Å². The molecular weight excluding hydrogens is 182 g/mol. The van der Waals surface area contributed by atoms with Crippen LogP contribution >= 0.6 is 0 Å². The van der Waals surface area contributed by atoms with E-state index in [1.807, 2.05) is 6.92 Å². The van der Waals surface area contributed by atoms with Gasteiger partial charge < -0.3 is 20.7 Å². The van der Waals surface area contributed by atoms with E-state index in [-0.39, 0.29) is 24.2 Å². The number of likely N-dealkylation sites (tertiary alicyclic amines) is 1. The predicted molar refractivity (Wildman–Crippen MR) is 51.8 cm³/mol. The Hall–Kier alpha value is -0.650. The molecule has 2 aliphatic heterocycles. The minimum Gasteiger partial charge on any atom is -0.363 e. The van der Waals surface area contributed by atoms with E-state index < -0.39 is 0 Å². The highest BCUT2D eigenvalue weighted by atomic mass is 16.5. The van der Waals surface area contributed by atoms with Crippen molar-refractivity contribution in [3.8, 4) is 0 Å². The molecule has 0 aliphatic carbocycles. The summed E-state index contributed by atoms with van der Waals surface area (Å²) in [6, 6.07) is 0.160. The Kier molecular flexibility index (Phi) is 2.71. The Morgan fingerprint density at radius 2 is 2.21 bits per heavy atom. The smallest absolute Gasteiger partial charge is 0.253 e. The number of rotatable bonds is 1. The molecule has 0 aromatic heterocycles. The number of hydrogen-bond acceptors (Lipinski definition) is 4.